The maximum atomic E-state index is 5.73. The summed E-state index contributed by atoms with van der Waals surface area (Å²) in [7, 11) is 0. The summed E-state index contributed by atoms with van der Waals surface area (Å²) >= 11 is 1.81. The van der Waals surface area contributed by atoms with Gasteiger partial charge >= 0.3 is 0 Å². The minimum absolute atomic E-state index is 0.648. The summed E-state index contributed by atoms with van der Waals surface area (Å²) in [5, 5.41) is 1.29. The first-order chi connectivity index (χ1) is 8.36. The molecule has 17 heavy (non-hydrogen) atoms. The average molecular weight is 247 g/mol. The molecule has 0 unspecified atom stereocenters. The molecule has 3 rings (SSSR count). The monoisotopic (exact) mass is 247 g/mol. The van der Waals surface area contributed by atoms with E-state index in [0.717, 1.165) is 18.0 Å². The van der Waals surface area contributed by atoms with Gasteiger partial charge in [-0.05, 0) is 44.2 Å². The van der Waals surface area contributed by atoms with Gasteiger partial charge < -0.3 is 5.73 Å². The Labute approximate surface area is 105 Å². The van der Waals surface area contributed by atoms with Gasteiger partial charge in [0.1, 0.15) is 0 Å². The van der Waals surface area contributed by atoms with Crippen LogP contribution in [0.3, 0.4) is 0 Å². The Morgan fingerprint density at radius 3 is 2.82 bits per heavy atom. The quantitative estimate of drug-likeness (QED) is 0.887. The van der Waals surface area contributed by atoms with Gasteiger partial charge in [-0.15, -0.1) is 11.3 Å². The fourth-order valence-corrected chi connectivity index (χ4v) is 3.72. The first-order valence-electron chi connectivity index (χ1n) is 6.27. The van der Waals surface area contributed by atoms with E-state index in [-0.39, 0.29) is 0 Å². The molecule has 0 aromatic carbocycles. The van der Waals surface area contributed by atoms with Gasteiger partial charge in [0, 0.05) is 18.3 Å². The summed E-state index contributed by atoms with van der Waals surface area (Å²) < 4.78 is 1.21. The van der Waals surface area contributed by atoms with Crippen LogP contribution in [-0.2, 0) is 0 Å². The summed E-state index contributed by atoms with van der Waals surface area (Å²) in [4.78, 5) is 8.89. The number of hydrogen-bond donors (Lipinski definition) is 1. The van der Waals surface area contributed by atoms with Crippen molar-refractivity contribution >= 4 is 21.6 Å². The summed E-state index contributed by atoms with van der Waals surface area (Å²) in [6.45, 7) is 0.844. The Bertz CT molecular complexity index is 467. The number of nitrogens with two attached hydrogens (primary N) is 1. The molecule has 90 valence electrons. The number of nitrogens with zero attached hydrogens (tertiary/aromatic N) is 2. The summed E-state index contributed by atoms with van der Waals surface area (Å²) in [5.74, 6) is 1.39. The summed E-state index contributed by atoms with van der Waals surface area (Å²) in [6.07, 6.45) is 8.74. The molecule has 0 spiro atoms. The van der Waals surface area contributed by atoms with Crippen molar-refractivity contribution in [3.05, 3.63) is 23.5 Å². The lowest BCUT2D eigenvalue weighted by Gasteiger charge is -2.26. The van der Waals surface area contributed by atoms with E-state index >= 15 is 0 Å². The minimum Gasteiger partial charge on any atom is -0.330 e. The molecule has 0 bridgehead atoms. The molecule has 0 saturated heterocycles. The minimum atomic E-state index is 0.648. The maximum Gasteiger partial charge on any atom is 0.0970 e. The first-order valence-corrected chi connectivity index (χ1v) is 7.09. The number of fused-ring (bicyclic) bond motifs is 1. The molecule has 0 aliphatic heterocycles. The number of pyridine rings is 1. The first kappa shape index (κ1) is 11.1. The van der Waals surface area contributed by atoms with Crippen LogP contribution < -0.4 is 5.73 Å². The molecule has 2 heterocycles. The second kappa shape index (κ2) is 4.70. The topological polar surface area (TPSA) is 51.8 Å². The number of thiazole rings is 1. The van der Waals surface area contributed by atoms with Crippen LogP contribution in [0.4, 0.5) is 0 Å². The molecule has 0 radical (unpaired) electrons. The van der Waals surface area contributed by atoms with Gasteiger partial charge in [0.2, 0.25) is 0 Å². The molecule has 2 aromatic heterocycles. The normalized spacial score (nSPS) is 25.2. The van der Waals surface area contributed by atoms with Gasteiger partial charge in [-0.3, -0.25) is 4.98 Å². The van der Waals surface area contributed by atoms with E-state index < -0.39 is 0 Å². The predicted molar refractivity (Wildman–Crippen MR) is 71.2 cm³/mol. The Hall–Kier alpha value is -1.000. The van der Waals surface area contributed by atoms with Crippen molar-refractivity contribution in [2.45, 2.75) is 31.6 Å². The average Bonchev–Trinajstić information content (AvgIpc) is 2.82. The predicted octanol–water partition coefficient (Wildman–Crippen LogP) is 2.92. The van der Waals surface area contributed by atoms with Crippen molar-refractivity contribution in [2.75, 3.05) is 6.54 Å². The standard InChI is InChI=1S/C13H17N3S/c14-7-9-1-3-10(4-2-9)13-16-11-5-6-15-8-12(11)17-13/h5-6,8-10H,1-4,7,14H2. The molecule has 1 saturated carbocycles. The lowest BCUT2D eigenvalue weighted by atomic mass is 9.82. The number of hydrogen-bond acceptors (Lipinski definition) is 4. The molecular weight excluding hydrogens is 230 g/mol. The lowest BCUT2D eigenvalue weighted by molar-refractivity contribution is 0.332. The number of aromatic nitrogens is 2. The third-order valence-electron chi connectivity index (χ3n) is 3.74. The second-order valence-corrected chi connectivity index (χ2v) is 5.91. The van der Waals surface area contributed by atoms with Crippen LogP contribution in [0.25, 0.3) is 10.2 Å². The maximum absolute atomic E-state index is 5.73. The van der Waals surface area contributed by atoms with Crippen molar-refractivity contribution in [3.63, 3.8) is 0 Å². The molecule has 4 heteroatoms. The van der Waals surface area contributed by atoms with Gasteiger partial charge in [0.15, 0.2) is 0 Å². The van der Waals surface area contributed by atoms with Crippen molar-refractivity contribution in [1.29, 1.82) is 0 Å². The van der Waals surface area contributed by atoms with Crippen LogP contribution in [0.1, 0.15) is 36.6 Å². The van der Waals surface area contributed by atoms with Gasteiger partial charge in [-0.2, -0.15) is 0 Å². The molecule has 0 amide bonds. The van der Waals surface area contributed by atoms with E-state index in [4.69, 9.17) is 10.7 Å². The molecule has 2 N–H and O–H groups in total. The molecular formula is C13H17N3S. The summed E-state index contributed by atoms with van der Waals surface area (Å²) in [5.41, 5.74) is 6.83. The van der Waals surface area contributed by atoms with Crippen LogP contribution in [0.2, 0.25) is 0 Å². The smallest absolute Gasteiger partial charge is 0.0970 e. The van der Waals surface area contributed by atoms with Crippen LogP contribution in [0.15, 0.2) is 18.5 Å². The largest absolute Gasteiger partial charge is 0.330 e. The van der Waals surface area contributed by atoms with Crippen molar-refractivity contribution in [1.82, 2.24) is 9.97 Å². The molecule has 1 fully saturated rings. The molecule has 1 aliphatic carbocycles. The van der Waals surface area contributed by atoms with Crippen LogP contribution >= 0.6 is 11.3 Å². The zero-order valence-corrected chi connectivity index (χ0v) is 10.6. The highest BCUT2D eigenvalue weighted by Crippen LogP contribution is 2.38. The zero-order valence-electron chi connectivity index (χ0n) is 9.80. The van der Waals surface area contributed by atoms with E-state index in [2.05, 4.69) is 4.98 Å². The van der Waals surface area contributed by atoms with Crippen LogP contribution in [0.5, 0.6) is 0 Å². The van der Waals surface area contributed by atoms with Crippen molar-refractivity contribution < 1.29 is 0 Å². The number of rotatable bonds is 2. The molecule has 3 nitrogen and oxygen atoms in total. The highest BCUT2D eigenvalue weighted by atomic mass is 32.1. The third-order valence-corrected chi connectivity index (χ3v) is 4.91. The van der Waals surface area contributed by atoms with Gasteiger partial charge in [-0.25, -0.2) is 4.98 Å². The molecule has 1 aliphatic rings. The Morgan fingerprint density at radius 1 is 1.29 bits per heavy atom. The van der Waals surface area contributed by atoms with Crippen molar-refractivity contribution in [2.24, 2.45) is 11.7 Å². The Kier molecular flexibility index (Phi) is 3.07. The van der Waals surface area contributed by atoms with Crippen LogP contribution in [-0.4, -0.2) is 16.5 Å². The molecule has 2 aromatic rings. The van der Waals surface area contributed by atoms with E-state index in [0.29, 0.717) is 5.92 Å². The zero-order chi connectivity index (χ0) is 11.7. The lowest BCUT2D eigenvalue weighted by Crippen LogP contribution is -2.20. The van der Waals surface area contributed by atoms with E-state index in [1.807, 2.05) is 29.8 Å². The van der Waals surface area contributed by atoms with Gasteiger partial charge in [0.05, 0.1) is 15.2 Å². The SMILES string of the molecule is NCC1CCC(c2nc3ccncc3s2)CC1. The van der Waals surface area contributed by atoms with E-state index in [9.17, 15) is 0 Å². The highest BCUT2D eigenvalue weighted by Gasteiger charge is 2.23. The Balaban J connectivity index is 1.80. The van der Waals surface area contributed by atoms with Crippen LogP contribution in [0, 0.1) is 5.92 Å². The third kappa shape index (κ3) is 2.19. The fourth-order valence-electron chi connectivity index (χ4n) is 2.62. The molecule has 0 atom stereocenters. The van der Waals surface area contributed by atoms with Crippen molar-refractivity contribution in [3.8, 4) is 0 Å². The fraction of sp³-hybridized carbons (Fsp3) is 0.538. The second-order valence-electron chi connectivity index (χ2n) is 4.85. The van der Waals surface area contributed by atoms with E-state index in [1.165, 1.54) is 35.4 Å². The van der Waals surface area contributed by atoms with Gasteiger partial charge in [-0.1, -0.05) is 0 Å². The van der Waals surface area contributed by atoms with Gasteiger partial charge in [0.25, 0.3) is 0 Å². The van der Waals surface area contributed by atoms with E-state index in [1.54, 1.807) is 0 Å². The highest BCUT2D eigenvalue weighted by molar-refractivity contribution is 7.18. The summed E-state index contributed by atoms with van der Waals surface area (Å²) in [6, 6.07) is 2.00. The Morgan fingerprint density at radius 2 is 2.12 bits per heavy atom.